The highest BCUT2D eigenvalue weighted by Crippen LogP contribution is 2.28. The number of benzene rings is 2. The molecule has 2 aliphatic heterocycles. The molecule has 2 heterocycles. The molecule has 2 fully saturated rings. The molecular weight excluding hydrogens is 358 g/mol. The average molecular weight is 381 g/mol. The number of nitrogens with zero attached hydrogens (tertiary/aromatic N) is 3. The number of imide groups is 1. The Morgan fingerprint density at radius 2 is 1.50 bits per heavy atom. The molecule has 2 aromatic rings. The van der Waals surface area contributed by atoms with E-state index in [1.54, 1.807) is 43.5 Å². The molecule has 0 radical (unpaired) electrons. The number of hydrogen-bond acceptors (Lipinski definition) is 6. The van der Waals surface area contributed by atoms with Gasteiger partial charge in [-0.15, -0.1) is 0 Å². The first-order chi connectivity index (χ1) is 13.6. The third-order valence-corrected chi connectivity index (χ3v) is 5.42. The molecule has 2 aliphatic rings. The van der Waals surface area contributed by atoms with Crippen molar-refractivity contribution in [2.24, 2.45) is 0 Å². The third-order valence-electron chi connectivity index (χ3n) is 5.42. The highest BCUT2D eigenvalue weighted by atomic mass is 16.5. The van der Waals surface area contributed by atoms with Gasteiger partial charge in [0.05, 0.1) is 25.3 Å². The highest BCUT2D eigenvalue weighted by Gasteiger charge is 2.43. The van der Waals surface area contributed by atoms with Gasteiger partial charge in [-0.25, -0.2) is 4.90 Å². The van der Waals surface area contributed by atoms with Gasteiger partial charge >= 0.3 is 0 Å². The topological polar surface area (TPSA) is 73.3 Å². The van der Waals surface area contributed by atoms with Crippen LogP contribution in [0.25, 0.3) is 0 Å². The number of phenols is 1. The van der Waals surface area contributed by atoms with Gasteiger partial charge in [-0.05, 0) is 48.5 Å². The van der Waals surface area contributed by atoms with Gasteiger partial charge in [0.2, 0.25) is 5.91 Å². The van der Waals surface area contributed by atoms with Crippen LogP contribution in [0.1, 0.15) is 6.42 Å². The molecule has 1 atom stereocenters. The number of rotatable bonds is 4. The van der Waals surface area contributed by atoms with Crippen LogP contribution in [0.4, 0.5) is 11.4 Å². The molecule has 7 heteroatoms. The predicted molar refractivity (Wildman–Crippen MR) is 106 cm³/mol. The normalized spacial score (nSPS) is 20.7. The maximum atomic E-state index is 12.9. The lowest BCUT2D eigenvalue weighted by molar-refractivity contribution is -0.123. The number of hydrogen-bond donors (Lipinski definition) is 1. The van der Waals surface area contributed by atoms with Crippen molar-refractivity contribution in [2.45, 2.75) is 12.5 Å². The Kier molecular flexibility index (Phi) is 4.92. The first-order valence-corrected chi connectivity index (χ1v) is 9.35. The number of ether oxygens (including phenoxy) is 1. The van der Waals surface area contributed by atoms with E-state index in [9.17, 15) is 14.7 Å². The fraction of sp³-hybridized carbons (Fsp3) is 0.333. The summed E-state index contributed by atoms with van der Waals surface area (Å²) >= 11 is 0. The number of carbonyl (C=O) groups is 2. The van der Waals surface area contributed by atoms with Crippen LogP contribution in [0.5, 0.6) is 11.5 Å². The Hall–Kier alpha value is -3.06. The Morgan fingerprint density at radius 1 is 0.893 bits per heavy atom. The van der Waals surface area contributed by atoms with Gasteiger partial charge in [0.1, 0.15) is 11.5 Å². The molecule has 4 rings (SSSR count). The van der Waals surface area contributed by atoms with E-state index in [4.69, 9.17) is 4.74 Å². The highest BCUT2D eigenvalue weighted by molar-refractivity contribution is 6.22. The predicted octanol–water partition coefficient (Wildman–Crippen LogP) is 1.85. The van der Waals surface area contributed by atoms with E-state index >= 15 is 0 Å². The standard InChI is InChI=1S/C21H23N3O4/c1-28-18-8-4-16(5-9-18)24-20(26)14-19(21(24)27)23-12-10-22(11-13-23)15-2-6-17(25)7-3-15/h2-9,19,25H,10-14H2,1H3. The van der Waals surface area contributed by atoms with Crippen molar-refractivity contribution in [1.82, 2.24) is 4.90 Å². The molecule has 0 aromatic heterocycles. The first-order valence-electron chi connectivity index (χ1n) is 9.35. The second kappa shape index (κ2) is 7.52. The third kappa shape index (κ3) is 3.41. The molecule has 0 aliphatic carbocycles. The van der Waals surface area contributed by atoms with Crippen molar-refractivity contribution in [3.63, 3.8) is 0 Å². The van der Waals surface area contributed by atoms with E-state index in [-0.39, 0.29) is 24.0 Å². The summed E-state index contributed by atoms with van der Waals surface area (Å²) in [5.74, 6) is 0.607. The van der Waals surface area contributed by atoms with Gasteiger partial charge in [-0.3, -0.25) is 14.5 Å². The van der Waals surface area contributed by atoms with E-state index in [0.29, 0.717) is 24.5 Å². The minimum absolute atomic E-state index is 0.159. The number of anilines is 2. The second-order valence-corrected chi connectivity index (χ2v) is 7.02. The lowest BCUT2D eigenvalue weighted by atomic mass is 10.1. The summed E-state index contributed by atoms with van der Waals surface area (Å²) < 4.78 is 5.14. The zero-order valence-electron chi connectivity index (χ0n) is 15.7. The fourth-order valence-corrected chi connectivity index (χ4v) is 3.86. The molecule has 146 valence electrons. The Balaban J connectivity index is 1.42. The molecule has 2 saturated heterocycles. The number of amides is 2. The van der Waals surface area contributed by atoms with E-state index in [2.05, 4.69) is 9.80 Å². The van der Waals surface area contributed by atoms with E-state index in [1.807, 2.05) is 12.1 Å². The molecule has 0 saturated carbocycles. The second-order valence-electron chi connectivity index (χ2n) is 7.02. The number of methoxy groups -OCH3 is 1. The molecule has 7 nitrogen and oxygen atoms in total. The summed E-state index contributed by atoms with van der Waals surface area (Å²) in [6.45, 7) is 2.96. The van der Waals surface area contributed by atoms with Crippen LogP contribution in [0.3, 0.4) is 0 Å². The van der Waals surface area contributed by atoms with E-state index < -0.39 is 6.04 Å². The Morgan fingerprint density at radius 3 is 2.11 bits per heavy atom. The lowest BCUT2D eigenvalue weighted by Crippen LogP contribution is -2.52. The molecule has 28 heavy (non-hydrogen) atoms. The van der Waals surface area contributed by atoms with Gasteiger partial charge in [-0.1, -0.05) is 0 Å². The number of carbonyl (C=O) groups excluding carboxylic acids is 2. The summed E-state index contributed by atoms with van der Waals surface area (Å²) in [5, 5.41) is 9.43. The number of piperazine rings is 1. The summed E-state index contributed by atoms with van der Waals surface area (Å²) in [4.78, 5) is 31.1. The largest absolute Gasteiger partial charge is 0.508 e. The molecule has 2 amide bonds. The van der Waals surface area contributed by atoms with Gasteiger partial charge in [0.25, 0.3) is 5.91 Å². The molecule has 1 N–H and O–H groups in total. The minimum Gasteiger partial charge on any atom is -0.508 e. The average Bonchev–Trinajstić information content (AvgIpc) is 3.03. The van der Waals surface area contributed by atoms with Crippen LogP contribution >= 0.6 is 0 Å². The van der Waals surface area contributed by atoms with Gasteiger partial charge in [-0.2, -0.15) is 0 Å². The van der Waals surface area contributed by atoms with Crippen LogP contribution in [0, 0.1) is 0 Å². The van der Waals surface area contributed by atoms with E-state index in [0.717, 1.165) is 18.8 Å². The summed E-state index contributed by atoms with van der Waals surface area (Å²) in [6, 6.07) is 13.7. The molecule has 0 bridgehead atoms. The van der Waals surface area contributed by atoms with Crippen LogP contribution in [-0.2, 0) is 9.59 Å². The molecule has 1 unspecified atom stereocenters. The van der Waals surface area contributed by atoms with Crippen molar-refractivity contribution in [3.05, 3.63) is 48.5 Å². The summed E-state index contributed by atoms with van der Waals surface area (Å²) in [6.07, 6.45) is 0.212. The van der Waals surface area contributed by atoms with Gasteiger partial charge < -0.3 is 14.7 Å². The Bertz CT molecular complexity index is 858. The Labute approximate surface area is 163 Å². The smallest absolute Gasteiger partial charge is 0.251 e. The SMILES string of the molecule is COc1ccc(N2C(=O)CC(N3CCN(c4ccc(O)cc4)CC3)C2=O)cc1. The van der Waals surface area contributed by atoms with Crippen LogP contribution in [-0.4, -0.2) is 61.2 Å². The summed E-state index contributed by atoms with van der Waals surface area (Å²) in [7, 11) is 1.58. The van der Waals surface area contributed by atoms with Crippen molar-refractivity contribution in [1.29, 1.82) is 0 Å². The van der Waals surface area contributed by atoms with Gasteiger partial charge in [0.15, 0.2) is 0 Å². The van der Waals surface area contributed by atoms with Crippen molar-refractivity contribution in [2.75, 3.05) is 43.1 Å². The molecular formula is C21H23N3O4. The zero-order chi connectivity index (χ0) is 19.7. The zero-order valence-corrected chi connectivity index (χ0v) is 15.7. The number of phenolic OH excluding ortho intramolecular Hbond substituents is 1. The van der Waals surface area contributed by atoms with Gasteiger partial charge in [0, 0.05) is 31.9 Å². The fourth-order valence-electron chi connectivity index (χ4n) is 3.86. The van der Waals surface area contributed by atoms with Crippen molar-refractivity contribution in [3.8, 4) is 11.5 Å². The first kappa shape index (κ1) is 18.3. The quantitative estimate of drug-likeness (QED) is 0.815. The molecule has 0 spiro atoms. The van der Waals surface area contributed by atoms with Crippen molar-refractivity contribution < 1.29 is 19.4 Å². The van der Waals surface area contributed by atoms with Crippen LogP contribution in [0.2, 0.25) is 0 Å². The van der Waals surface area contributed by atoms with E-state index in [1.165, 1.54) is 4.90 Å². The molecule has 2 aromatic carbocycles. The monoisotopic (exact) mass is 381 g/mol. The maximum absolute atomic E-state index is 12.9. The minimum atomic E-state index is -0.406. The van der Waals surface area contributed by atoms with Crippen LogP contribution in [0.15, 0.2) is 48.5 Å². The number of aromatic hydroxyl groups is 1. The lowest BCUT2D eigenvalue weighted by Gasteiger charge is -2.38. The van der Waals surface area contributed by atoms with Crippen molar-refractivity contribution >= 4 is 23.2 Å². The van der Waals surface area contributed by atoms with Crippen LogP contribution < -0.4 is 14.5 Å². The summed E-state index contributed by atoms with van der Waals surface area (Å²) in [5.41, 5.74) is 1.63. The maximum Gasteiger partial charge on any atom is 0.251 e.